The Morgan fingerprint density at radius 1 is 0.870 bits per heavy atom. The molecule has 3 aromatic carbocycles. The molecule has 3 atom stereocenters. The molecule has 0 aromatic heterocycles. The zero-order chi connectivity index (χ0) is 32.3. The lowest BCUT2D eigenvalue weighted by Crippen LogP contribution is -2.60. The molecule has 1 saturated carbocycles. The molecule has 2 aliphatic heterocycles. The first kappa shape index (κ1) is 32.4. The molecular weight excluding hydrogens is 612 g/mol. The quantitative estimate of drug-likeness (QED) is 0.249. The lowest BCUT2D eigenvalue weighted by Gasteiger charge is -2.41. The maximum atomic E-state index is 16.6. The van der Waals surface area contributed by atoms with Gasteiger partial charge in [0.25, 0.3) is 5.92 Å². The lowest BCUT2D eigenvalue weighted by molar-refractivity contribution is -0.149. The Morgan fingerprint density at radius 2 is 1.52 bits per heavy atom. The second kappa shape index (κ2) is 13.7. The van der Waals surface area contributed by atoms with Gasteiger partial charge < -0.3 is 20.1 Å². The van der Waals surface area contributed by atoms with Crippen LogP contribution >= 0.6 is 0 Å². The van der Waals surface area contributed by atoms with Gasteiger partial charge in [0.15, 0.2) is 6.04 Å². The second-order valence-corrected chi connectivity index (χ2v) is 14.5. The van der Waals surface area contributed by atoms with Crippen molar-refractivity contribution < 1.29 is 31.5 Å². The van der Waals surface area contributed by atoms with Crippen LogP contribution in [0.4, 0.5) is 8.78 Å². The molecule has 1 aliphatic carbocycles. The van der Waals surface area contributed by atoms with E-state index in [9.17, 15) is 13.2 Å². The van der Waals surface area contributed by atoms with E-state index in [0.29, 0.717) is 49.7 Å². The summed E-state index contributed by atoms with van der Waals surface area (Å²) in [4.78, 5) is 15.3. The first-order valence-corrected chi connectivity index (χ1v) is 17.6. The van der Waals surface area contributed by atoms with E-state index in [4.69, 9.17) is 15.2 Å². The molecule has 2 saturated heterocycles. The number of nitrogens with zero attached hydrogens (tertiary/aromatic N) is 1. The standard InChI is InChI=1S/C35H41F2N3O5S/c36-35(37,25-10-7-13-31(20-25)45-30-11-5-2-6-12-30)33(34(41)40-27-14-15-28(40)22-26(38)21-27)39-46(42,43)32-18-16-29(17-19-32)44-23-24-8-3-1-4-9-24/h2,5-7,10-13,16-20,24,26-28,33,39H,1,3-4,8-9,14-15,21-23,38H2. The van der Waals surface area contributed by atoms with Gasteiger partial charge >= 0.3 is 0 Å². The molecule has 2 heterocycles. The zero-order valence-corrected chi connectivity index (χ0v) is 26.5. The van der Waals surface area contributed by atoms with E-state index in [0.717, 1.165) is 18.9 Å². The molecule has 3 unspecified atom stereocenters. The van der Waals surface area contributed by atoms with Crippen molar-refractivity contribution in [3.63, 3.8) is 0 Å². The summed E-state index contributed by atoms with van der Waals surface area (Å²) in [5, 5.41) is 0. The van der Waals surface area contributed by atoms with Crippen molar-refractivity contribution in [1.82, 2.24) is 9.62 Å². The number of benzene rings is 3. The number of para-hydroxylation sites is 1. The van der Waals surface area contributed by atoms with Gasteiger partial charge in [-0.25, -0.2) is 8.42 Å². The van der Waals surface area contributed by atoms with Gasteiger partial charge in [-0.05, 0) is 93.0 Å². The van der Waals surface area contributed by atoms with E-state index < -0.39 is 33.5 Å². The number of ether oxygens (including phenoxy) is 2. The highest BCUT2D eigenvalue weighted by Gasteiger charge is 2.53. The molecule has 1 amide bonds. The Labute approximate surface area is 269 Å². The third-order valence-corrected chi connectivity index (χ3v) is 10.9. The predicted molar refractivity (Wildman–Crippen MR) is 170 cm³/mol. The molecular formula is C35H41F2N3O5S. The third-order valence-electron chi connectivity index (χ3n) is 9.45. The number of nitrogens with one attached hydrogen (secondary N) is 1. The molecule has 3 aliphatic rings. The van der Waals surface area contributed by atoms with Crippen LogP contribution in [0.2, 0.25) is 0 Å². The summed E-state index contributed by atoms with van der Waals surface area (Å²) in [7, 11) is -4.56. The normalized spacial score (nSPS) is 22.8. The number of sulfonamides is 1. The van der Waals surface area contributed by atoms with Gasteiger partial charge in [0, 0.05) is 23.7 Å². The average Bonchev–Trinajstić information content (AvgIpc) is 3.34. The van der Waals surface area contributed by atoms with Crippen LogP contribution in [0.15, 0.2) is 83.8 Å². The van der Waals surface area contributed by atoms with E-state index >= 15 is 8.78 Å². The monoisotopic (exact) mass is 653 g/mol. The van der Waals surface area contributed by atoms with Gasteiger partial charge in [0.2, 0.25) is 15.9 Å². The number of alkyl halides is 2. The topological polar surface area (TPSA) is 111 Å². The second-order valence-electron chi connectivity index (χ2n) is 12.8. The van der Waals surface area contributed by atoms with Crippen molar-refractivity contribution in [2.24, 2.45) is 11.7 Å². The summed E-state index contributed by atoms with van der Waals surface area (Å²) in [5.74, 6) is -3.35. The highest BCUT2D eigenvalue weighted by atomic mass is 32.2. The van der Waals surface area contributed by atoms with Crippen molar-refractivity contribution in [3.05, 3.63) is 84.4 Å². The van der Waals surface area contributed by atoms with Gasteiger partial charge in [0.1, 0.15) is 17.2 Å². The van der Waals surface area contributed by atoms with Gasteiger partial charge in [-0.15, -0.1) is 0 Å². The predicted octanol–water partition coefficient (Wildman–Crippen LogP) is 6.36. The van der Waals surface area contributed by atoms with Crippen molar-refractivity contribution in [3.8, 4) is 17.2 Å². The number of rotatable bonds is 11. The largest absolute Gasteiger partial charge is 0.493 e. The molecule has 0 radical (unpaired) electrons. The summed E-state index contributed by atoms with van der Waals surface area (Å²) in [6, 6.07) is 16.4. The summed E-state index contributed by atoms with van der Waals surface area (Å²) in [6.07, 6.45) is 8.03. The molecule has 8 nitrogen and oxygen atoms in total. The number of amides is 1. The van der Waals surface area contributed by atoms with Gasteiger partial charge in [-0.1, -0.05) is 49.6 Å². The average molecular weight is 654 g/mol. The maximum absolute atomic E-state index is 16.6. The minimum atomic E-state index is -4.56. The Balaban J connectivity index is 1.26. The molecule has 46 heavy (non-hydrogen) atoms. The highest BCUT2D eigenvalue weighted by molar-refractivity contribution is 7.89. The molecule has 6 rings (SSSR count). The van der Waals surface area contributed by atoms with Crippen molar-refractivity contribution >= 4 is 15.9 Å². The first-order chi connectivity index (χ1) is 22.1. The number of nitrogens with two attached hydrogens (primary N) is 1. The summed E-state index contributed by atoms with van der Waals surface area (Å²) < 4.78 is 74.3. The number of fused-ring (bicyclic) bond motifs is 2. The number of carbonyl (C=O) groups is 1. The van der Waals surface area contributed by atoms with E-state index in [2.05, 4.69) is 4.72 Å². The van der Waals surface area contributed by atoms with E-state index in [1.165, 1.54) is 66.6 Å². The SMILES string of the molecule is NC1CC2CCC(C1)N2C(=O)C(NS(=O)(=O)c1ccc(OCC2CCCCC2)cc1)C(F)(F)c1cccc(Oc2ccccc2)c1. The van der Waals surface area contributed by atoms with Crippen molar-refractivity contribution in [1.29, 1.82) is 0 Å². The highest BCUT2D eigenvalue weighted by Crippen LogP contribution is 2.41. The summed E-state index contributed by atoms with van der Waals surface area (Å²) >= 11 is 0. The molecule has 246 valence electrons. The lowest BCUT2D eigenvalue weighted by atomic mass is 9.90. The van der Waals surface area contributed by atoms with Crippen molar-refractivity contribution in [2.45, 2.75) is 92.8 Å². The van der Waals surface area contributed by atoms with E-state index in [1.54, 1.807) is 30.3 Å². The maximum Gasteiger partial charge on any atom is 0.298 e. The minimum Gasteiger partial charge on any atom is -0.493 e. The van der Waals surface area contributed by atoms with Crippen LogP contribution < -0.4 is 19.9 Å². The van der Waals surface area contributed by atoms with Crippen LogP contribution in [0.5, 0.6) is 17.2 Å². The summed E-state index contributed by atoms with van der Waals surface area (Å²) in [5.41, 5.74) is 5.64. The van der Waals surface area contributed by atoms with Crippen molar-refractivity contribution in [2.75, 3.05) is 6.61 Å². The van der Waals surface area contributed by atoms with Gasteiger partial charge in [0.05, 0.1) is 11.5 Å². The Hall–Kier alpha value is -3.54. The number of halogens is 2. The molecule has 3 aromatic rings. The number of hydrogen-bond donors (Lipinski definition) is 2. The number of carbonyl (C=O) groups excluding carboxylic acids is 1. The first-order valence-electron chi connectivity index (χ1n) is 16.1. The zero-order valence-electron chi connectivity index (χ0n) is 25.7. The fourth-order valence-electron chi connectivity index (χ4n) is 7.07. The Morgan fingerprint density at radius 3 is 2.20 bits per heavy atom. The van der Waals surface area contributed by atoms with Crippen LogP contribution in [0.3, 0.4) is 0 Å². The van der Waals surface area contributed by atoms with Crippen LogP contribution in [0.1, 0.15) is 63.4 Å². The number of piperidine rings is 1. The number of hydrogen-bond acceptors (Lipinski definition) is 6. The fourth-order valence-corrected chi connectivity index (χ4v) is 8.26. The van der Waals surface area contributed by atoms with E-state index in [1.807, 2.05) is 0 Å². The third kappa shape index (κ3) is 7.21. The minimum absolute atomic E-state index is 0.130. The molecule has 3 fully saturated rings. The molecule has 2 bridgehead atoms. The van der Waals surface area contributed by atoms with Gasteiger partial charge in [-0.3, -0.25) is 4.79 Å². The van der Waals surface area contributed by atoms with Gasteiger partial charge in [-0.2, -0.15) is 13.5 Å². The van der Waals surface area contributed by atoms with Crippen LogP contribution in [-0.2, 0) is 20.7 Å². The molecule has 11 heteroatoms. The Bertz CT molecular complexity index is 1590. The summed E-state index contributed by atoms with van der Waals surface area (Å²) in [6.45, 7) is 0.544. The fraction of sp³-hybridized carbons (Fsp3) is 0.457. The van der Waals surface area contributed by atoms with Crippen LogP contribution in [-0.4, -0.2) is 50.0 Å². The molecule has 0 spiro atoms. The van der Waals surface area contributed by atoms with E-state index in [-0.39, 0.29) is 28.8 Å². The van der Waals surface area contributed by atoms with Crippen LogP contribution in [0.25, 0.3) is 0 Å². The smallest absolute Gasteiger partial charge is 0.298 e. The molecule has 3 N–H and O–H groups in total. The van der Waals surface area contributed by atoms with Crippen LogP contribution in [0, 0.1) is 5.92 Å². The Kier molecular flexibility index (Phi) is 9.63.